The number of guanidine groups is 1. The van der Waals surface area contributed by atoms with Gasteiger partial charge in [-0.2, -0.15) is 0 Å². The number of ether oxygens (including phenoxy) is 1. The van der Waals surface area contributed by atoms with E-state index in [1.807, 2.05) is 50.6 Å². The molecule has 28 heavy (non-hydrogen) atoms. The number of carbonyl (C=O) groups excluding carboxylic acids is 1. The van der Waals surface area contributed by atoms with Gasteiger partial charge in [-0.25, -0.2) is 0 Å². The molecule has 1 aromatic heterocycles. The van der Waals surface area contributed by atoms with Crippen molar-refractivity contribution in [2.45, 2.75) is 19.9 Å². The lowest BCUT2D eigenvalue weighted by Crippen LogP contribution is -2.39. The summed E-state index contributed by atoms with van der Waals surface area (Å²) in [5.41, 5.74) is 7.46. The first kappa shape index (κ1) is 23.8. The normalized spacial score (nSPS) is 10.9. The van der Waals surface area contributed by atoms with E-state index in [9.17, 15) is 4.79 Å². The van der Waals surface area contributed by atoms with Crippen molar-refractivity contribution in [1.29, 1.82) is 0 Å². The lowest BCUT2D eigenvalue weighted by atomic mass is 10.1. The number of aliphatic imine (C=N–C) groups is 1. The summed E-state index contributed by atoms with van der Waals surface area (Å²) in [5, 5.41) is 3.34. The van der Waals surface area contributed by atoms with Gasteiger partial charge in [-0.3, -0.25) is 9.79 Å². The smallest absolute Gasteiger partial charge is 0.255 e. The second-order valence-corrected chi connectivity index (χ2v) is 6.35. The number of amides is 1. The van der Waals surface area contributed by atoms with Gasteiger partial charge < -0.3 is 25.3 Å². The minimum Gasteiger partial charge on any atom is -0.484 e. The Kier molecular flexibility index (Phi) is 10.4. The zero-order valence-electron chi connectivity index (χ0n) is 16.7. The summed E-state index contributed by atoms with van der Waals surface area (Å²) in [6.45, 7) is 4.25. The van der Waals surface area contributed by atoms with Crippen molar-refractivity contribution in [2.24, 2.45) is 17.8 Å². The number of aryl methyl sites for hydroxylation is 1. The molecular formula is C20H30IN5O2. The highest BCUT2D eigenvalue weighted by Gasteiger charge is 2.08. The molecule has 0 radical (unpaired) electrons. The van der Waals surface area contributed by atoms with Gasteiger partial charge in [0.05, 0.1) is 6.54 Å². The maximum Gasteiger partial charge on any atom is 0.255 e. The largest absolute Gasteiger partial charge is 0.484 e. The summed E-state index contributed by atoms with van der Waals surface area (Å²) in [5.74, 6) is 1.04. The van der Waals surface area contributed by atoms with Gasteiger partial charge in [0.2, 0.25) is 0 Å². The van der Waals surface area contributed by atoms with Crippen LogP contribution in [0.5, 0.6) is 5.75 Å². The van der Waals surface area contributed by atoms with Gasteiger partial charge in [0.1, 0.15) is 5.75 Å². The average molecular weight is 499 g/mol. The quantitative estimate of drug-likeness (QED) is 0.315. The molecule has 2 aromatic rings. The fourth-order valence-corrected chi connectivity index (χ4v) is 2.65. The molecule has 0 bridgehead atoms. The summed E-state index contributed by atoms with van der Waals surface area (Å²) in [7, 11) is 4.09. The van der Waals surface area contributed by atoms with Crippen molar-refractivity contribution in [2.75, 3.05) is 26.7 Å². The Labute approximate surface area is 184 Å². The maximum absolute atomic E-state index is 10.7. The Hall–Kier alpha value is -2.23. The van der Waals surface area contributed by atoms with Crippen molar-refractivity contribution in [3.63, 3.8) is 0 Å². The first-order chi connectivity index (χ1) is 13.0. The van der Waals surface area contributed by atoms with Gasteiger partial charge in [-0.15, -0.1) is 24.0 Å². The molecule has 3 N–H and O–H groups in total. The van der Waals surface area contributed by atoms with Crippen LogP contribution in [-0.2, 0) is 24.8 Å². The van der Waals surface area contributed by atoms with E-state index in [1.165, 1.54) is 5.69 Å². The summed E-state index contributed by atoms with van der Waals surface area (Å²) < 4.78 is 7.38. The van der Waals surface area contributed by atoms with Crippen LogP contribution < -0.4 is 15.8 Å². The van der Waals surface area contributed by atoms with Crippen LogP contribution in [0.3, 0.4) is 0 Å². The molecule has 0 aliphatic carbocycles. The van der Waals surface area contributed by atoms with E-state index in [0.717, 1.165) is 31.0 Å². The van der Waals surface area contributed by atoms with Crippen molar-refractivity contribution in [3.05, 3.63) is 53.9 Å². The SMILES string of the molecule is CCNC(=NCCc1ccc(OCC(N)=O)cc1)N(C)Cc1cccn1C.I. The zero-order valence-corrected chi connectivity index (χ0v) is 19.1. The average Bonchev–Trinajstić information content (AvgIpc) is 3.05. The molecular weight excluding hydrogens is 469 g/mol. The standard InChI is InChI=1S/C20H29N5O2.HI/c1-4-22-20(25(3)14-17-6-5-13-24(17)2)23-12-11-16-7-9-18(10-8-16)27-15-19(21)26;/h5-10,13H,4,11-12,14-15H2,1-3H3,(H2,21,26)(H,22,23);1H. The molecule has 0 atom stereocenters. The summed E-state index contributed by atoms with van der Waals surface area (Å²) in [4.78, 5) is 17.6. The van der Waals surface area contributed by atoms with Crippen LogP contribution >= 0.6 is 24.0 Å². The van der Waals surface area contributed by atoms with Crippen molar-refractivity contribution in [1.82, 2.24) is 14.8 Å². The van der Waals surface area contributed by atoms with Crippen LogP contribution in [0.1, 0.15) is 18.2 Å². The third kappa shape index (κ3) is 7.79. The van der Waals surface area contributed by atoms with Crippen LogP contribution in [0.4, 0.5) is 0 Å². The second-order valence-electron chi connectivity index (χ2n) is 6.35. The molecule has 0 aliphatic rings. The predicted octanol–water partition coefficient (Wildman–Crippen LogP) is 2.15. The second kappa shape index (κ2) is 12.3. The van der Waals surface area contributed by atoms with E-state index < -0.39 is 5.91 Å². The Morgan fingerprint density at radius 2 is 2.00 bits per heavy atom. The van der Waals surface area contributed by atoms with E-state index in [0.29, 0.717) is 12.3 Å². The van der Waals surface area contributed by atoms with Crippen LogP contribution in [0.15, 0.2) is 47.6 Å². The molecule has 0 saturated carbocycles. The van der Waals surface area contributed by atoms with E-state index in [4.69, 9.17) is 15.5 Å². The molecule has 154 valence electrons. The Morgan fingerprint density at radius 1 is 1.29 bits per heavy atom. The number of nitrogens with one attached hydrogen (secondary N) is 1. The lowest BCUT2D eigenvalue weighted by Gasteiger charge is -2.22. The van der Waals surface area contributed by atoms with E-state index in [1.54, 1.807) is 0 Å². The molecule has 0 unspecified atom stereocenters. The Morgan fingerprint density at radius 3 is 2.57 bits per heavy atom. The number of rotatable bonds is 9. The number of aromatic nitrogens is 1. The van der Waals surface area contributed by atoms with Crippen molar-refractivity contribution < 1.29 is 9.53 Å². The highest BCUT2D eigenvalue weighted by molar-refractivity contribution is 14.0. The minimum absolute atomic E-state index is 0. The molecule has 2 rings (SSSR count). The fraction of sp³-hybridized carbons (Fsp3) is 0.400. The van der Waals surface area contributed by atoms with Crippen LogP contribution in [0, 0.1) is 0 Å². The van der Waals surface area contributed by atoms with Gasteiger partial charge >= 0.3 is 0 Å². The number of hydrogen-bond donors (Lipinski definition) is 2. The highest BCUT2D eigenvalue weighted by atomic mass is 127. The number of carbonyl (C=O) groups is 1. The molecule has 0 spiro atoms. The third-order valence-electron chi connectivity index (χ3n) is 4.11. The fourth-order valence-electron chi connectivity index (χ4n) is 2.65. The molecule has 8 heteroatoms. The molecule has 0 fully saturated rings. The Balaban J connectivity index is 0.00000392. The van der Waals surface area contributed by atoms with Gasteiger partial charge in [0.25, 0.3) is 5.91 Å². The van der Waals surface area contributed by atoms with Gasteiger partial charge in [-0.1, -0.05) is 12.1 Å². The van der Waals surface area contributed by atoms with E-state index in [-0.39, 0.29) is 30.6 Å². The first-order valence-electron chi connectivity index (χ1n) is 9.09. The van der Waals surface area contributed by atoms with Crippen LogP contribution in [0.2, 0.25) is 0 Å². The number of halogens is 1. The molecule has 0 aliphatic heterocycles. The van der Waals surface area contributed by atoms with Gasteiger partial charge in [0.15, 0.2) is 12.6 Å². The summed E-state index contributed by atoms with van der Waals surface area (Å²) in [6, 6.07) is 11.8. The summed E-state index contributed by atoms with van der Waals surface area (Å²) >= 11 is 0. The van der Waals surface area contributed by atoms with E-state index >= 15 is 0 Å². The third-order valence-corrected chi connectivity index (χ3v) is 4.11. The molecule has 1 heterocycles. The topological polar surface area (TPSA) is 84.9 Å². The number of nitrogens with two attached hydrogens (primary N) is 1. The molecule has 1 aromatic carbocycles. The summed E-state index contributed by atoms with van der Waals surface area (Å²) in [6.07, 6.45) is 2.87. The predicted molar refractivity (Wildman–Crippen MR) is 123 cm³/mol. The monoisotopic (exact) mass is 499 g/mol. The van der Waals surface area contributed by atoms with Gasteiger partial charge in [0, 0.05) is 39.1 Å². The molecule has 1 amide bonds. The lowest BCUT2D eigenvalue weighted by molar-refractivity contribution is -0.119. The molecule has 0 saturated heterocycles. The number of primary amides is 1. The van der Waals surface area contributed by atoms with Crippen LogP contribution in [0.25, 0.3) is 0 Å². The Bertz CT molecular complexity index is 758. The molecule has 7 nitrogen and oxygen atoms in total. The van der Waals surface area contributed by atoms with Crippen molar-refractivity contribution >= 4 is 35.8 Å². The number of hydrogen-bond acceptors (Lipinski definition) is 3. The first-order valence-corrected chi connectivity index (χ1v) is 9.09. The van der Waals surface area contributed by atoms with E-state index in [2.05, 4.69) is 27.8 Å². The number of nitrogens with zero attached hydrogens (tertiary/aromatic N) is 3. The van der Waals surface area contributed by atoms with Crippen molar-refractivity contribution in [3.8, 4) is 5.75 Å². The number of benzene rings is 1. The van der Waals surface area contributed by atoms with Crippen LogP contribution in [-0.4, -0.2) is 48.1 Å². The maximum atomic E-state index is 10.7. The highest BCUT2D eigenvalue weighted by Crippen LogP contribution is 2.12. The zero-order chi connectivity index (χ0) is 19.6. The minimum atomic E-state index is -0.483. The van der Waals surface area contributed by atoms with Gasteiger partial charge in [-0.05, 0) is 43.2 Å².